The van der Waals surface area contributed by atoms with Crippen molar-refractivity contribution in [1.29, 1.82) is 0 Å². The summed E-state index contributed by atoms with van der Waals surface area (Å²) in [6.45, 7) is 0.681. The largest absolute Gasteiger partial charge is 0.300 e. The topological polar surface area (TPSA) is 169 Å². The van der Waals surface area contributed by atoms with Crippen LogP contribution in [-0.2, 0) is 38.7 Å². The Balaban J connectivity index is 1.19. The number of dihydropyridines is 1. The van der Waals surface area contributed by atoms with E-state index in [9.17, 15) is 18.0 Å². The van der Waals surface area contributed by atoms with E-state index >= 15 is 0 Å². The number of aryl methyl sites for hydroxylation is 2. The second kappa shape index (κ2) is 12.7. The van der Waals surface area contributed by atoms with Gasteiger partial charge >= 0.3 is 0 Å². The molecular weight excluding hydrogens is 536 g/mol. The lowest BCUT2D eigenvalue weighted by atomic mass is 10.2. The maximum absolute atomic E-state index is 12.5. The molecule has 4 rings (SSSR count). The Morgan fingerprint density at radius 3 is 2.11 bits per heavy atom. The molecule has 194 valence electrons. The molecule has 0 saturated carbocycles. The van der Waals surface area contributed by atoms with E-state index in [-0.39, 0.29) is 49.0 Å². The van der Waals surface area contributed by atoms with Gasteiger partial charge in [-0.1, -0.05) is 34.8 Å². The van der Waals surface area contributed by atoms with Crippen LogP contribution in [0.5, 0.6) is 0 Å². The molecule has 0 atom stereocenters. The van der Waals surface area contributed by atoms with Gasteiger partial charge in [-0.3, -0.25) is 19.6 Å². The van der Waals surface area contributed by atoms with Crippen LogP contribution in [0.25, 0.3) is 0 Å². The zero-order valence-corrected chi connectivity index (χ0v) is 22.1. The summed E-state index contributed by atoms with van der Waals surface area (Å²) < 4.78 is 25.0. The van der Waals surface area contributed by atoms with Gasteiger partial charge in [0.05, 0.1) is 24.3 Å². The first-order chi connectivity index (χ1) is 17.8. The van der Waals surface area contributed by atoms with E-state index in [1.807, 2.05) is 12.2 Å². The lowest BCUT2D eigenvalue weighted by Crippen LogP contribution is -2.16. The normalized spacial score (nSPS) is 13.2. The highest BCUT2D eigenvalue weighted by molar-refractivity contribution is 7.91. The minimum absolute atomic E-state index is 0.105. The number of nitrogens with zero attached hydrogens (tertiary/aromatic N) is 6. The van der Waals surface area contributed by atoms with Gasteiger partial charge < -0.3 is 10.6 Å². The van der Waals surface area contributed by atoms with Crippen molar-refractivity contribution in [3.8, 4) is 0 Å². The van der Waals surface area contributed by atoms with E-state index in [2.05, 4.69) is 41.0 Å². The fraction of sp³-hybridized carbons (Fsp3) is 0.364. The molecule has 0 spiro atoms. The number of carbonyl (C=O) groups is 2. The summed E-state index contributed by atoms with van der Waals surface area (Å²) in [6.07, 6.45) is 6.94. The number of rotatable bonds is 12. The van der Waals surface area contributed by atoms with Gasteiger partial charge in [0.1, 0.15) is 10.0 Å². The Morgan fingerprint density at radius 2 is 1.54 bits per heavy atom. The van der Waals surface area contributed by atoms with Gasteiger partial charge in [0.2, 0.25) is 22.1 Å². The highest BCUT2D eigenvalue weighted by Gasteiger charge is 2.17. The van der Waals surface area contributed by atoms with Crippen LogP contribution in [0.3, 0.4) is 0 Å². The van der Waals surface area contributed by atoms with Crippen LogP contribution in [0.1, 0.15) is 28.6 Å². The Kier molecular flexibility index (Phi) is 9.14. The van der Waals surface area contributed by atoms with Gasteiger partial charge in [-0.2, -0.15) is 0 Å². The first-order valence-corrected chi connectivity index (χ1v) is 14.8. The first kappa shape index (κ1) is 26.6. The number of aromatic nitrogens is 5. The average Bonchev–Trinajstić information content (AvgIpc) is 3.52. The molecule has 0 aromatic carbocycles. The Bertz CT molecular complexity index is 1400. The highest BCUT2D eigenvalue weighted by atomic mass is 32.2. The minimum Gasteiger partial charge on any atom is -0.300 e. The molecule has 3 aromatic rings. The molecule has 15 heteroatoms. The van der Waals surface area contributed by atoms with E-state index < -0.39 is 9.84 Å². The van der Waals surface area contributed by atoms with Crippen molar-refractivity contribution in [2.24, 2.45) is 4.99 Å². The second-order valence-corrected chi connectivity index (χ2v) is 12.4. The molecule has 1 aliphatic rings. The van der Waals surface area contributed by atoms with Crippen LogP contribution in [-0.4, -0.2) is 69.4 Å². The third-order valence-corrected chi connectivity index (χ3v) is 8.46. The molecule has 4 heterocycles. The number of hydrogen-bond acceptors (Lipinski definition) is 12. The van der Waals surface area contributed by atoms with E-state index in [4.69, 9.17) is 0 Å². The molecule has 0 aliphatic carbocycles. The fourth-order valence-electron chi connectivity index (χ4n) is 3.23. The Hall–Kier alpha value is -3.43. The Morgan fingerprint density at radius 1 is 0.892 bits per heavy atom. The summed E-state index contributed by atoms with van der Waals surface area (Å²) in [5.41, 5.74) is 1.35. The second-order valence-electron chi connectivity index (χ2n) is 7.99. The minimum atomic E-state index is -3.39. The predicted octanol–water partition coefficient (Wildman–Crippen LogP) is 1.90. The predicted molar refractivity (Wildman–Crippen MR) is 142 cm³/mol. The third kappa shape index (κ3) is 8.87. The zero-order chi connectivity index (χ0) is 26.1. The summed E-state index contributed by atoms with van der Waals surface area (Å²) in [5, 5.41) is 22.8. The van der Waals surface area contributed by atoms with Gasteiger partial charge in [0.15, 0.2) is 9.84 Å². The van der Waals surface area contributed by atoms with Crippen LogP contribution in [0.15, 0.2) is 41.5 Å². The molecule has 12 nitrogen and oxygen atoms in total. The molecule has 0 radical (unpaired) electrons. The summed E-state index contributed by atoms with van der Waals surface area (Å²) >= 11 is 2.28. The summed E-state index contributed by atoms with van der Waals surface area (Å²) in [6, 6.07) is 5.32. The monoisotopic (exact) mass is 560 g/mol. The van der Waals surface area contributed by atoms with Gasteiger partial charge in [0, 0.05) is 37.0 Å². The van der Waals surface area contributed by atoms with Crippen molar-refractivity contribution in [2.75, 3.05) is 28.7 Å². The van der Waals surface area contributed by atoms with Gasteiger partial charge in [0.25, 0.3) is 0 Å². The number of sulfone groups is 1. The van der Waals surface area contributed by atoms with Crippen molar-refractivity contribution in [3.05, 3.63) is 52.3 Å². The van der Waals surface area contributed by atoms with Crippen LogP contribution < -0.4 is 10.6 Å². The zero-order valence-electron chi connectivity index (χ0n) is 19.7. The summed E-state index contributed by atoms with van der Waals surface area (Å²) in [7, 11) is -3.39. The standard InChI is InChI=1S/C22H24N8O4S3/c31-17(13-15-5-1-3-9-23-15)25-21-29-27-19(35-21)7-11-37(33,34)12-8-20-28-30-22(36-20)26-18(32)14-16-6-2-4-10-24-16/h1-3,5-6,9H,4,7-8,10-14H2,(H,25,29,31)(H,26,30,32). The van der Waals surface area contributed by atoms with Crippen molar-refractivity contribution in [2.45, 2.75) is 32.1 Å². The number of allylic oxidation sites excluding steroid dienone is 1. The molecule has 3 aromatic heterocycles. The quantitative estimate of drug-likeness (QED) is 0.336. The molecular formula is C22H24N8O4S3. The highest BCUT2D eigenvalue weighted by Crippen LogP contribution is 2.19. The Labute approximate surface area is 221 Å². The van der Waals surface area contributed by atoms with E-state index in [0.29, 0.717) is 38.2 Å². The molecule has 0 bridgehead atoms. The number of nitrogens with one attached hydrogen (secondary N) is 2. The van der Waals surface area contributed by atoms with Crippen molar-refractivity contribution in [3.63, 3.8) is 0 Å². The van der Waals surface area contributed by atoms with Gasteiger partial charge in [-0.25, -0.2) is 8.42 Å². The van der Waals surface area contributed by atoms with Crippen molar-refractivity contribution < 1.29 is 18.0 Å². The SMILES string of the molecule is O=C(CC1=NCCC=C1)Nc1nnc(CCS(=O)(=O)CCc2nnc(NC(=O)Cc3ccccn3)s2)s1. The number of amides is 2. The number of anilines is 2. The lowest BCUT2D eigenvalue weighted by molar-refractivity contribution is -0.116. The van der Waals surface area contributed by atoms with E-state index in [1.54, 1.807) is 24.4 Å². The van der Waals surface area contributed by atoms with Crippen LogP contribution in [0.2, 0.25) is 0 Å². The average molecular weight is 561 g/mol. The smallest absolute Gasteiger partial charge is 0.232 e. The van der Waals surface area contributed by atoms with Crippen LogP contribution >= 0.6 is 22.7 Å². The van der Waals surface area contributed by atoms with Crippen molar-refractivity contribution >= 4 is 60.3 Å². The first-order valence-electron chi connectivity index (χ1n) is 11.4. The molecule has 0 fully saturated rings. The van der Waals surface area contributed by atoms with E-state index in [0.717, 1.165) is 29.1 Å². The maximum Gasteiger partial charge on any atom is 0.232 e. The van der Waals surface area contributed by atoms with Gasteiger partial charge in [-0.15, -0.1) is 20.4 Å². The van der Waals surface area contributed by atoms with Crippen LogP contribution in [0, 0.1) is 0 Å². The summed E-state index contributed by atoms with van der Waals surface area (Å²) in [4.78, 5) is 32.7. The molecule has 0 saturated heterocycles. The number of pyridine rings is 1. The fourth-order valence-corrected chi connectivity index (χ4v) is 6.21. The third-order valence-electron chi connectivity index (χ3n) is 5.01. The van der Waals surface area contributed by atoms with Crippen LogP contribution in [0.4, 0.5) is 10.3 Å². The van der Waals surface area contributed by atoms with Gasteiger partial charge in [-0.05, 0) is 24.6 Å². The molecule has 1 aliphatic heterocycles. The maximum atomic E-state index is 12.5. The molecule has 37 heavy (non-hydrogen) atoms. The lowest BCUT2D eigenvalue weighted by Gasteiger charge is -2.05. The summed E-state index contributed by atoms with van der Waals surface area (Å²) in [5.74, 6) is -0.739. The molecule has 2 N–H and O–H groups in total. The number of hydrogen-bond donors (Lipinski definition) is 2. The number of carbonyl (C=O) groups excluding carboxylic acids is 2. The van der Waals surface area contributed by atoms with E-state index in [1.165, 1.54) is 0 Å². The number of aliphatic imine (C=N–C) groups is 1. The molecule has 2 amide bonds. The van der Waals surface area contributed by atoms with Crippen molar-refractivity contribution in [1.82, 2.24) is 25.4 Å². The molecule has 0 unspecified atom stereocenters.